The summed E-state index contributed by atoms with van der Waals surface area (Å²) < 4.78 is 0. The summed E-state index contributed by atoms with van der Waals surface area (Å²) in [5, 5.41) is 12.6. The van der Waals surface area contributed by atoms with Crippen molar-refractivity contribution in [3.05, 3.63) is 35.9 Å². The summed E-state index contributed by atoms with van der Waals surface area (Å²) in [5.74, 6) is -0.334. The van der Waals surface area contributed by atoms with E-state index < -0.39 is 12.1 Å². The number of amides is 3. The van der Waals surface area contributed by atoms with E-state index in [-0.39, 0.29) is 35.7 Å². The van der Waals surface area contributed by atoms with Crippen molar-refractivity contribution >= 4 is 17.7 Å². The lowest BCUT2D eigenvalue weighted by Crippen LogP contribution is -2.59. The fourth-order valence-corrected chi connectivity index (χ4v) is 5.67. The number of aryl methyl sites for hydroxylation is 1. The van der Waals surface area contributed by atoms with Crippen LogP contribution in [0.5, 0.6) is 0 Å². The van der Waals surface area contributed by atoms with E-state index in [1.807, 2.05) is 18.2 Å². The Balaban J connectivity index is 1.69. The molecular weight excluding hydrogens is 464 g/mol. The molecule has 0 unspecified atom stereocenters. The van der Waals surface area contributed by atoms with Gasteiger partial charge in [0.2, 0.25) is 17.7 Å². The molecule has 1 heterocycles. The van der Waals surface area contributed by atoms with E-state index >= 15 is 0 Å². The van der Waals surface area contributed by atoms with Gasteiger partial charge in [0.15, 0.2) is 0 Å². The first-order chi connectivity index (χ1) is 18.0. The molecule has 0 aromatic heterocycles. The monoisotopic (exact) mass is 512 g/mol. The number of piperidine rings is 1. The average molecular weight is 513 g/mol. The molecule has 1 aliphatic heterocycles. The third kappa shape index (κ3) is 9.44. The zero-order chi connectivity index (χ0) is 26.5. The Morgan fingerprint density at radius 1 is 0.865 bits per heavy atom. The van der Waals surface area contributed by atoms with Crippen molar-refractivity contribution in [1.82, 2.24) is 21.3 Å². The maximum Gasteiger partial charge on any atom is 0.243 e. The number of hydrogen-bond acceptors (Lipinski definition) is 4. The zero-order valence-corrected chi connectivity index (χ0v) is 22.9. The van der Waals surface area contributed by atoms with E-state index in [2.05, 4.69) is 47.2 Å². The molecule has 3 amide bonds. The molecule has 0 spiro atoms. The van der Waals surface area contributed by atoms with Gasteiger partial charge in [-0.05, 0) is 75.8 Å². The molecule has 1 aliphatic carbocycles. The summed E-state index contributed by atoms with van der Waals surface area (Å²) in [6, 6.07) is 8.84. The summed E-state index contributed by atoms with van der Waals surface area (Å²) >= 11 is 0. The average Bonchev–Trinajstić information content (AvgIpc) is 2.95. The standard InChI is InChI=1S/C30H48N4O3/c1-3-24(4-2)32-29(36)26(20-13-16-22-14-7-5-8-15-22)33-30(37)27(23-17-9-6-10-18-23)34-28(35)25-19-11-12-21-31-25/h5,7-8,14-15,23-27,31H,3-4,6,9-13,16-21H2,1-2H3,(H,32,36)(H,33,37)(H,34,35)/t25-,26+,27+/m0/s1. The molecule has 37 heavy (non-hydrogen) atoms. The molecular formula is C30H48N4O3. The van der Waals surface area contributed by atoms with Gasteiger partial charge in [-0.2, -0.15) is 0 Å². The second-order valence-corrected chi connectivity index (χ2v) is 10.8. The Bertz CT molecular complexity index is 830. The summed E-state index contributed by atoms with van der Waals surface area (Å²) in [5.41, 5.74) is 1.22. The summed E-state index contributed by atoms with van der Waals surface area (Å²) in [4.78, 5) is 40.1. The smallest absolute Gasteiger partial charge is 0.243 e. The van der Waals surface area contributed by atoms with Crippen molar-refractivity contribution in [2.24, 2.45) is 5.92 Å². The second-order valence-electron chi connectivity index (χ2n) is 10.8. The fraction of sp³-hybridized carbons (Fsp3) is 0.700. The highest BCUT2D eigenvalue weighted by molar-refractivity contribution is 5.93. The fourth-order valence-electron chi connectivity index (χ4n) is 5.67. The topological polar surface area (TPSA) is 99.3 Å². The van der Waals surface area contributed by atoms with Crippen LogP contribution in [0.15, 0.2) is 30.3 Å². The Hall–Kier alpha value is -2.41. The minimum atomic E-state index is -0.618. The molecule has 0 radical (unpaired) electrons. The van der Waals surface area contributed by atoms with Gasteiger partial charge < -0.3 is 21.3 Å². The van der Waals surface area contributed by atoms with E-state index in [4.69, 9.17) is 0 Å². The quantitative estimate of drug-likeness (QED) is 0.321. The molecule has 7 nitrogen and oxygen atoms in total. The van der Waals surface area contributed by atoms with Crippen molar-refractivity contribution in [3.8, 4) is 0 Å². The van der Waals surface area contributed by atoms with Crippen molar-refractivity contribution in [1.29, 1.82) is 0 Å². The molecule has 1 saturated carbocycles. The van der Waals surface area contributed by atoms with Crippen molar-refractivity contribution < 1.29 is 14.4 Å². The molecule has 4 N–H and O–H groups in total. The molecule has 2 aliphatic rings. The molecule has 0 bridgehead atoms. The van der Waals surface area contributed by atoms with Crippen molar-refractivity contribution in [2.45, 2.75) is 121 Å². The normalized spacial score (nSPS) is 20.1. The van der Waals surface area contributed by atoms with E-state index in [0.717, 1.165) is 77.2 Å². The Kier molecular flexibility index (Phi) is 12.4. The van der Waals surface area contributed by atoms with Crippen LogP contribution in [0.4, 0.5) is 0 Å². The second kappa shape index (κ2) is 15.8. The lowest BCUT2D eigenvalue weighted by atomic mass is 9.83. The predicted molar refractivity (Wildman–Crippen MR) is 148 cm³/mol. The van der Waals surface area contributed by atoms with Crippen LogP contribution in [-0.2, 0) is 20.8 Å². The molecule has 7 heteroatoms. The summed E-state index contributed by atoms with van der Waals surface area (Å²) in [7, 11) is 0. The van der Waals surface area contributed by atoms with Gasteiger partial charge in [0.1, 0.15) is 12.1 Å². The molecule has 1 aromatic carbocycles. The van der Waals surface area contributed by atoms with Gasteiger partial charge in [-0.3, -0.25) is 14.4 Å². The highest BCUT2D eigenvalue weighted by Crippen LogP contribution is 2.27. The van der Waals surface area contributed by atoms with Gasteiger partial charge in [0.05, 0.1) is 6.04 Å². The first-order valence-corrected chi connectivity index (χ1v) is 14.7. The lowest BCUT2D eigenvalue weighted by molar-refractivity contribution is -0.134. The zero-order valence-electron chi connectivity index (χ0n) is 22.9. The molecule has 2 fully saturated rings. The number of benzene rings is 1. The first-order valence-electron chi connectivity index (χ1n) is 14.7. The largest absolute Gasteiger partial charge is 0.352 e. The number of rotatable bonds is 13. The number of carbonyl (C=O) groups excluding carboxylic acids is 3. The lowest BCUT2D eigenvalue weighted by Gasteiger charge is -2.33. The van der Waals surface area contributed by atoms with Gasteiger partial charge in [0.25, 0.3) is 0 Å². The van der Waals surface area contributed by atoms with E-state index in [0.29, 0.717) is 6.42 Å². The third-order valence-corrected chi connectivity index (χ3v) is 8.09. The van der Waals surface area contributed by atoms with Crippen LogP contribution < -0.4 is 21.3 Å². The van der Waals surface area contributed by atoms with E-state index in [1.54, 1.807) is 0 Å². The van der Waals surface area contributed by atoms with Crippen LogP contribution in [0.2, 0.25) is 0 Å². The number of carbonyl (C=O) groups is 3. The maximum atomic E-state index is 13.7. The summed E-state index contributed by atoms with van der Waals surface area (Å²) in [6.45, 7) is 4.95. The van der Waals surface area contributed by atoms with Crippen molar-refractivity contribution in [2.75, 3.05) is 6.54 Å². The molecule has 1 aromatic rings. The summed E-state index contributed by atoms with van der Waals surface area (Å²) in [6.07, 6.45) is 11.9. The highest BCUT2D eigenvalue weighted by atomic mass is 16.2. The van der Waals surface area contributed by atoms with Crippen molar-refractivity contribution in [3.63, 3.8) is 0 Å². The predicted octanol–water partition coefficient (Wildman–Crippen LogP) is 4.01. The Morgan fingerprint density at radius 2 is 1.57 bits per heavy atom. The Morgan fingerprint density at radius 3 is 2.22 bits per heavy atom. The molecule has 3 rings (SSSR count). The minimum Gasteiger partial charge on any atom is -0.352 e. The van der Waals surface area contributed by atoms with Gasteiger partial charge in [0, 0.05) is 6.04 Å². The van der Waals surface area contributed by atoms with Crippen LogP contribution in [0.1, 0.15) is 96.5 Å². The maximum absolute atomic E-state index is 13.7. The third-order valence-electron chi connectivity index (χ3n) is 8.09. The van der Waals surface area contributed by atoms with Crippen LogP contribution in [0, 0.1) is 5.92 Å². The van der Waals surface area contributed by atoms with E-state index in [1.165, 1.54) is 12.0 Å². The SMILES string of the molecule is CCC(CC)NC(=O)[C@@H](CCCc1ccccc1)NC(=O)[C@H](NC(=O)[C@@H]1CCCCN1)C1CCCCC1. The van der Waals surface area contributed by atoms with Crippen LogP contribution in [-0.4, -0.2) is 48.4 Å². The van der Waals surface area contributed by atoms with Gasteiger partial charge in [-0.15, -0.1) is 0 Å². The molecule has 1 saturated heterocycles. The van der Waals surface area contributed by atoms with Crippen LogP contribution >= 0.6 is 0 Å². The van der Waals surface area contributed by atoms with Crippen LogP contribution in [0.3, 0.4) is 0 Å². The molecule has 206 valence electrons. The van der Waals surface area contributed by atoms with Gasteiger partial charge >= 0.3 is 0 Å². The first kappa shape index (κ1) is 29.2. The molecule has 3 atom stereocenters. The number of hydrogen-bond donors (Lipinski definition) is 4. The van der Waals surface area contributed by atoms with Gasteiger partial charge in [-0.1, -0.05) is 69.9 Å². The van der Waals surface area contributed by atoms with Crippen LogP contribution in [0.25, 0.3) is 0 Å². The Labute approximate surface area is 223 Å². The van der Waals surface area contributed by atoms with Gasteiger partial charge in [-0.25, -0.2) is 0 Å². The highest BCUT2D eigenvalue weighted by Gasteiger charge is 2.35. The van der Waals surface area contributed by atoms with E-state index in [9.17, 15) is 14.4 Å². The number of nitrogens with one attached hydrogen (secondary N) is 4. The minimum absolute atomic E-state index is 0.0900.